The second-order valence-electron chi connectivity index (χ2n) is 9.23. The molecule has 5 rings (SSSR count). The summed E-state index contributed by atoms with van der Waals surface area (Å²) in [6, 6.07) is 25.4. The molecule has 178 valence electrons. The van der Waals surface area contributed by atoms with Gasteiger partial charge in [0.05, 0.1) is 11.7 Å². The quantitative estimate of drug-likeness (QED) is 0.356. The molecule has 0 spiro atoms. The molecular weight excluding hydrogens is 434 g/mol. The van der Waals surface area contributed by atoms with Crippen molar-refractivity contribution in [1.82, 2.24) is 14.8 Å². The molecule has 2 amide bonds. The number of carbonyl (C=O) groups is 2. The molecule has 1 N–H and O–H groups in total. The molecule has 2 atom stereocenters. The number of unbranched alkanes of at least 4 members (excludes halogenated alkanes) is 1. The average Bonchev–Trinajstić information content (AvgIpc) is 3.35. The van der Waals surface area contributed by atoms with Crippen molar-refractivity contribution in [2.24, 2.45) is 7.05 Å². The fourth-order valence-electron chi connectivity index (χ4n) is 5.34. The van der Waals surface area contributed by atoms with Crippen LogP contribution in [0.5, 0.6) is 0 Å². The van der Waals surface area contributed by atoms with Crippen LogP contribution in [0.15, 0.2) is 78.9 Å². The van der Waals surface area contributed by atoms with Crippen molar-refractivity contribution in [3.63, 3.8) is 0 Å². The van der Waals surface area contributed by atoms with Crippen LogP contribution in [-0.4, -0.2) is 33.9 Å². The highest BCUT2D eigenvalue weighted by molar-refractivity contribution is 6.04. The van der Waals surface area contributed by atoms with Gasteiger partial charge in [0.15, 0.2) is 0 Å². The molecule has 0 saturated carbocycles. The first-order valence-corrected chi connectivity index (χ1v) is 12.4. The second-order valence-corrected chi connectivity index (χ2v) is 9.23. The number of rotatable bonds is 7. The van der Waals surface area contributed by atoms with Crippen molar-refractivity contribution in [3.05, 3.63) is 95.6 Å². The van der Waals surface area contributed by atoms with Crippen LogP contribution in [0.25, 0.3) is 22.2 Å². The topological polar surface area (TPSA) is 54.3 Å². The Bertz CT molecular complexity index is 1390. The highest BCUT2D eigenvalue weighted by Crippen LogP contribution is 2.47. The Morgan fingerprint density at radius 1 is 0.971 bits per heavy atom. The summed E-state index contributed by atoms with van der Waals surface area (Å²) in [5.41, 5.74) is 5.90. The molecule has 2 heterocycles. The van der Waals surface area contributed by atoms with Crippen LogP contribution in [0.2, 0.25) is 0 Å². The lowest BCUT2D eigenvalue weighted by Crippen LogP contribution is -2.47. The molecule has 0 bridgehead atoms. The summed E-state index contributed by atoms with van der Waals surface area (Å²) in [7, 11) is 2.07. The minimum atomic E-state index is -0.612. The maximum Gasteiger partial charge on any atom is 0.255 e. The van der Waals surface area contributed by atoms with Gasteiger partial charge in [-0.05, 0) is 36.6 Å². The van der Waals surface area contributed by atoms with Gasteiger partial charge in [-0.15, -0.1) is 0 Å². The molecule has 0 saturated heterocycles. The van der Waals surface area contributed by atoms with E-state index >= 15 is 0 Å². The van der Waals surface area contributed by atoms with Gasteiger partial charge >= 0.3 is 0 Å². The number of fused-ring (bicyclic) bond motifs is 2. The van der Waals surface area contributed by atoms with E-state index in [-0.39, 0.29) is 17.9 Å². The number of nitrogens with one attached hydrogen (secondary N) is 1. The van der Waals surface area contributed by atoms with Crippen molar-refractivity contribution >= 4 is 22.7 Å². The predicted octanol–water partition coefficient (Wildman–Crippen LogP) is 5.70. The van der Waals surface area contributed by atoms with Crippen molar-refractivity contribution in [1.29, 1.82) is 0 Å². The molecule has 2 unspecified atom stereocenters. The number of benzene rings is 3. The largest absolute Gasteiger partial charge is 0.354 e. The fraction of sp³-hybridized carbons (Fsp3) is 0.267. The zero-order chi connectivity index (χ0) is 24.5. The Labute approximate surface area is 206 Å². The molecule has 1 aliphatic rings. The van der Waals surface area contributed by atoms with E-state index in [9.17, 15) is 9.59 Å². The summed E-state index contributed by atoms with van der Waals surface area (Å²) < 4.78 is 2.20. The van der Waals surface area contributed by atoms with E-state index in [0.29, 0.717) is 12.1 Å². The monoisotopic (exact) mass is 465 g/mol. The summed E-state index contributed by atoms with van der Waals surface area (Å²) in [5.74, 6) is -0.221. The van der Waals surface area contributed by atoms with E-state index < -0.39 is 6.04 Å². The summed E-state index contributed by atoms with van der Waals surface area (Å²) >= 11 is 0. The van der Waals surface area contributed by atoms with E-state index in [4.69, 9.17) is 0 Å². The number of hydrogen-bond acceptors (Lipinski definition) is 2. The van der Waals surface area contributed by atoms with Gasteiger partial charge in [-0.2, -0.15) is 0 Å². The first-order chi connectivity index (χ1) is 17.0. The number of amides is 2. The number of aryl methyl sites for hydroxylation is 1. The molecule has 5 nitrogen and oxygen atoms in total. The lowest BCUT2D eigenvalue weighted by atomic mass is 9.92. The fourth-order valence-corrected chi connectivity index (χ4v) is 5.34. The minimum absolute atomic E-state index is 0.101. The Balaban J connectivity index is 1.73. The van der Waals surface area contributed by atoms with Crippen LogP contribution in [0.3, 0.4) is 0 Å². The van der Waals surface area contributed by atoms with Crippen LogP contribution in [0.4, 0.5) is 0 Å². The second kappa shape index (κ2) is 9.41. The maximum absolute atomic E-state index is 13.8. The Kier molecular flexibility index (Phi) is 6.16. The molecule has 0 fully saturated rings. The minimum Gasteiger partial charge on any atom is -0.354 e. The Morgan fingerprint density at radius 3 is 2.43 bits per heavy atom. The molecule has 0 radical (unpaired) electrons. The van der Waals surface area contributed by atoms with Crippen molar-refractivity contribution in [3.8, 4) is 11.3 Å². The van der Waals surface area contributed by atoms with Crippen LogP contribution < -0.4 is 5.32 Å². The summed E-state index contributed by atoms with van der Waals surface area (Å²) in [4.78, 5) is 28.8. The Morgan fingerprint density at radius 2 is 1.66 bits per heavy atom. The number of carbonyl (C=O) groups excluding carboxylic acids is 2. The summed E-state index contributed by atoms with van der Waals surface area (Å²) in [5, 5.41) is 4.12. The molecule has 1 aliphatic heterocycles. The molecule has 1 aromatic heterocycles. The van der Waals surface area contributed by atoms with E-state index in [0.717, 1.165) is 46.1 Å². The van der Waals surface area contributed by atoms with Gasteiger partial charge in [0.2, 0.25) is 5.91 Å². The third kappa shape index (κ3) is 3.81. The molecule has 5 heteroatoms. The third-order valence-corrected chi connectivity index (χ3v) is 7.09. The number of para-hydroxylation sites is 1. The highest BCUT2D eigenvalue weighted by atomic mass is 16.2. The zero-order valence-corrected chi connectivity index (χ0v) is 20.5. The van der Waals surface area contributed by atoms with E-state index in [1.165, 1.54) is 0 Å². The van der Waals surface area contributed by atoms with Gasteiger partial charge in [-0.25, -0.2) is 0 Å². The van der Waals surface area contributed by atoms with Gasteiger partial charge < -0.3 is 14.8 Å². The van der Waals surface area contributed by atoms with Crippen molar-refractivity contribution in [2.75, 3.05) is 6.54 Å². The third-order valence-electron chi connectivity index (χ3n) is 7.09. The van der Waals surface area contributed by atoms with E-state index in [1.54, 1.807) is 4.90 Å². The lowest BCUT2D eigenvalue weighted by molar-refractivity contribution is -0.125. The molecule has 4 aromatic rings. The van der Waals surface area contributed by atoms with Gasteiger partial charge in [0.25, 0.3) is 5.91 Å². The lowest BCUT2D eigenvalue weighted by Gasteiger charge is -2.31. The molecule has 35 heavy (non-hydrogen) atoms. The average molecular weight is 466 g/mol. The van der Waals surface area contributed by atoms with E-state index in [1.807, 2.05) is 61.5 Å². The maximum atomic E-state index is 13.8. The molecule has 0 aliphatic carbocycles. The van der Waals surface area contributed by atoms with E-state index in [2.05, 4.69) is 48.1 Å². The van der Waals surface area contributed by atoms with Crippen molar-refractivity contribution < 1.29 is 9.59 Å². The van der Waals surface area contributed by atoms with Gasteiger partial charge in [-0.1, -0.05) is 80.1 Å². The highest BCUT2D eigenvalue weighted by Gasteiger charge is 2.44. The van der Waals surface area contributed by atoms with Crippen LogP contribution in [0.1, 0.15) is 54.2 Å². The van der Waals surface area contributed by atoms with Crippen molar-refractivity contribution in [2.45, 2.75) is 38.8 Å². The number of aromatic nitrogens is 1. The smallest absolute Gasteiger partial charge is 0.255 e. The molecule has 3 aromatic carbocycles. The summed E-state index contributed by atoms with van der Waals surface area (Å²) in [6.45, 7) is 4.55. The standard InChI is InChI=1S/C30H31N3O2/c1-4-5-19-31-29(34)20(2)33-28(22-15-9-10-16-23(22)30(33)35)26-24-17-11-12-18-25(24)32(3)27(26)21-13-7-6-8-14-21/h6-18,20,28H,4-5,19H2,1-3H3,(H,31,34). The van der Waals surface area contributed by atoms with Gasteiger partial charge in [0, 0.05) is 35.6 Å². The SMILES string of the molecule is CCCCNC(=O)C(C)N1C(=O)c2ccccc2C1c1c(-c2ccccc2)n(C)c2ccccc12. The first-order valence-electron chi connectivity index (χ1n) is 12.4. The molecular formula is C30H31N3O2. The summed E-state index contributed by atoms with van der Waals surface area (Å²) in [6.07, 6.45) is 1.92. The van der Waals surface area contributed by atoms with Crippen LogP contribution >= 0.6 is 0 Å². The number of hydrogen-bond donors (Lipinski definition) is 1. The van der Waals surface area contributed by atoms with Gasteiger partial charge in [0.1, 0.15) is 6.04 Å². The normalized spacial score (nSPS) is 15.9. The first kappa shape index (κ1) is 22.9. The van der Waals surface area contributed by atoms with Gasteiger partial charge in [-0.3, -0.25) is 9.59 Å². The van der Waals surface area contributed by atoms with Crippen LogP contribution in [-0.2, 0) is 11.8 Å². The predicted molar refractivity (Wildman–Crippen MR) is 140 cm³/mol. The zero-order valence-electron chi connectivity index (χ0n) is 20.5. The van der Waals surface area contributed by atoms with Crippen LogP contribution in [0, 0.1) is 0 Å². The number of nitrogens with zero attached hydrogens (tertiary/aromatic N) is 2. The Hall–Kier alpha value is -3.86.